The van der Waals surface area contributed by atoms with Crippen LogP contribution in [0.25, 0.3) is 0 Å². The van der Waals surface area contributed by atoms with Crippen molar-refractivity contribution in [1.29, 1.82) is 0 Å². The molecule has 0 atom stereocenters. The first kappa shape index (κ1) is 10.0. The maximum absolute atomic E-state index is 11.1. The van der Waals surface area contributed by atoms with Crippen molar-refractivity contribution in [3.63, 3.8) is 0 Å². The summed E-state index contributed by atoms with van der Waals surface area (Å²) in [6, 6.07) is 3.47. The van der Waals surface area contributed by atoms with Gasteiger partial charge in [0.2, 0.25) is 0 Å². The Morgan fingerprint density at radius 1 is 1.50 bits per heavy atom. The predicted octanol–water partition coefficient (Wildman–Crippen LogP) is 2.34. The van der Waals surface area contributed by atoms with E-state index in [2.05, 4.69) is 0 Å². The van der Waals surface area contributed by atoms with E-state index in [0.29, 0.717) is 4.34 Å². The first-order valence-corrected chi connectivity index (χ1v) is 6.50. The van der Waals surface area contributed by atoms with Gasteiger partial charge in [-0.1, -0.05) is 18.5 Å². The van der Waals surface area contributed by atoms with Crippen molar-refractivity contribution in [3.8, 4) is 0 Å². The molecule has 1 rings (SSSR count). The van der Waals surface area contributed by atoms with Crippen LogP contribution in [-0.2, 0) is 15.6 Å². The summed E-state index contributed by atoms with van der Waals surface area (Å²) in [7, 11) is -2.91. The second-order valence-electron chi connectivity index (χ2n) is 2.38. The molecule has 1 heterocycles. The lowest BCUT2D eigenvalue weighted by Gasteiger charge is -1.96. The maximum Gasteiger partial charge on any atom is 0.154 e. The summed E-state index contributed by atoms with van der Waals surface area (Å²) < 4.78 is 22.9. The fourth-order valence-corrected chi connectivity index (χ4v) is 3.14. The lowest BCUT2D eigenvalue weighted by molar-refractivity contribution is 0.597. The van der Waals surface area contributed by atoms with Crippen molar-refractivity contribution in [3.05, 3.63) is 21.3 Å². The highest BCUT2D eigenvalue weighted by Crippen LogP contribution is 2.23. The van der Waals surface area contributed by atoms with Gasteiger partial charge in [-0.3, -0.25) is 0 Å². The summed E-state index contributed by atoms with van der Waals surface area (Å²) in [6.45, 7) is 1.64. The zero-order chi connectivity index (χ0) is 9.19. The minimum atomic E-state index is -2.91. The number of halogens is 1. The molecule has 68 valence electrons. The summed E-state index contributed by atoms with van der Waals surface area (Å²) in [6.07, 6.45) is 0. The molecule has 0 saturated heterocycles. The Kier molecular flexibility index (Phi) is 3.15. The van der Waals surface area contributed by atoms with Crippen molar-refractivity contribution < 1.29 is 8.42 Å². The molecule has 12 heavy (non-hydrogen) atoms. The van der Waals surface area contributed by atoms with E-state index in [0.717, 1.165) is 4.88 Å². The van der Waals surface area contributed by atoms with Crippen molar-refractivity contribution in [2.75, 3.05) is 5.75 Å². The van der Waals surface area contributed by atoms with Crippen molar-refractivity contribution in [2.24, 2.45) is 0 Å². The van der Waals surface area contributed by atoms with Crippen LogP contribution in [0.3, 0.4) is 0 Å². The lowest BCUT2D eigenvalue weighted by Crippen LogP contribution is -2.04. The lowest BCUT2D eigenvalue weighted by atomic mass is 10.5. The van der Waals surface area contributed by atoms with Gasteiger partial charge in [0.25, 0.3) is 0 Å². The summed E-state index contributed by atoms with van der Waals surface area (Å²) in [5.74, 6) is 0.295. The van der Waals surface area contributed by atoms with E-state index >= 15 is 0 Å². The van der Waals surface area contributed by atoms with Gasteiger partial charge in [0.1, 0.15) is 0 Å². The Bertz CT molecular complexity index is 353. The molecule has 0 aliphatic carbocycles. The Morgan fingerprint density at radius 2 is 2.17 bits per heavy atom. The largest absolute Gasteiger partial charge is 0.228 e. The van der Waals surface area contributed by atoms with Crippen LogP contribution in [0.2, 0.25) is 4.34 Å². The Labute approximate surface area is 81.1 Å². The number of hydrogen-bond acceptors (Lipinski definition) is 3. The highest BCUT2D eigenvalue weighted by Gasteiger charge is 2.10. The molecule has 1 aromatic heterocycles. The minimum absolute atomic E-state index is 0.112. The predicted molar refractivity (Wildman–Crippen MR) is 52.5 cm³/mol. The molecular formula is C7H9ClO2S2. The molecule has 0 aliphatic heterocycles. The summed E-state index contributed by atoms with van der Waals surface area (Å²) in [5.41, 5.74) is 0. The molecule has 0 spiro atoms. The van der Waals surface area contributed by atoms with Gasteiger partial charge in [-0.05, 0) is 12.1 Å². The highest BCUT2D eigenvalue weighted by atomic mass is 35.5. The van der Waals surface area contributed by atoms with Gasteiger partial charge in [0.15, 0.2) is 9.84 Å². The molecule has 0 N–H and O–H groups in total. The van der Waals surface area contributed by atoms with Gasteiger partial charge >= 0.3 is 0 Å². The molecule has 0 saturated carbocycles. The third-order valence-corrected chi connectivity index (χ3v) is 4.48. The topological polar surface area (TPSA) is 34.1 Å². The molecule has 0 aliphatic rings. The fraction of sp³-hybridized carbons (Fsp3) is 0.429. The van der Waals surface area contributed by atoms with Crippen molar-refractivity contribution >= 4 is 32.8 Å². The molecule has 0 unspecified atom stereocenters. The zero-order valence-corrected chi connectivity index (χ0v) is 8.97. The zero-order valence-electron chi connectivity index (χ0n) is 6.58. The molecule has 5 heteroatoms. The van der Waals surface area contributed by atoms with Gasteiger partial charge in [0, 0.05) is 10.6 Å². The van der Waals surface area contributed by atoms with E-state index in [1.165, 1.54) is 11.3 Å². The molecule has 0 aromatic carbocycles. The SMILES string of the molecule is CCS(=O)(=O)Cc1ccc(Cl)s1. The van der Waals surface area contributed by atoms with Gasteiger partial charge in [-0.25, -0.2) is 8.42 Å². The fourth-order valence-electron chi connectivity index (χ4n) is 0.748. The number of thiophene rings is 1. The second-order valence-corrected chi connectivity index (χ2v) is 6.54. The molecule has 0 bridgehead atoms. The molecule has 0 amide bonds. The molecule has 1 aromatic rings. The second kappa shape index (κ2) is 3.77. The normalized spacial score (nSPS) is 11.8. The summed E-state index contributed by atoms with van der Waals surface area (Å²) in [5, 5.41) is 0. The molecule has 2 nitrogen and oxygen atoms in total. The standard InChI is InChI=1S/C7H9ClO2S2/c1-2-12(9,10)5-6-3-4-7(8)11-6/h3-4H,2,5H2,1H3. The Balaban J connectivity index is 2.77. The van der Waals surface area contributed by atoms with E-state index < -0.39 is 9.84 Å². The van der Waals surface area contributed by atoms with Crippen LogP contribution in [0.15, 0.2) is 12.1 Å². The van der Waals surface area contributed by atoms with E-state index in [1.807, 2.05) is 0 Å². The van der Waals surface area contributed by atoms with Gasteiger partial charge in [-0.2, -0.15) is 0 Å². The number of hydrogen-bond donors (Lipinski definition) is 0. The average molecular weight is 225 g/mol. The third kappa shape index (κ3) is 2.77. The van der Waals surface area contributed by atoms with Gasteiger partial charge < -0.3 is 0 Å². The maximum atomic E-state index is 11.1. The van der Waals surface area contributed by atoms with E-state index in [9.17, 15) is 8.42 Å². The van der Waals surface area contributed by atoms with Crippen LogP contribution in [0.5, 0.6) is 0 Å². The summed E-state index contributed by atoms with van der Waals surface area (Å²) in [4.78, 5) is 0.807. The highest BCUT2D eigenvalue weighted by molar-refractivity contribution is 7.90. The van der Waals surface area contributed by atoms with E-state index in [-0.39, 0.29) is 11.5 Å². The molecule has 0 fully saturated rings. The minimum Gasteiger partial charge on any atom is -0.228 e. The van der Waals surface area contributed by atoms with Gasteiger partial charge in [-0.15, -0.1) is 11.3 Å². The number of sulfone groups is 1. The van der Waals surface area contributed by atoms with Crippen LogP contribution in [0.1, 0.15) is 11.8 Å². The van der Waals surface area contributed by atoms with Gasteiger partial charge in [0.05, 0.1) is 10.1 Å². The Morgan fingerprint density at radius 3 is 2.58 bits per heavy atom. The quantitative estimate of drug-likeness (QED) is 0.790. The average Bonchev–Trinajstić information content (AvgIpc) is 2.35. The van der Waals surface area contributed by atoms with Crippen LogP contribution in [0, 0.1) is 0 Å². The van der Waals surface area contributed by atoms with Crippen LogP contribution in [-0.4, -0.2) is 14.2 Å². The van der Waals surface area contributed by atoms with Crippen molar-refractivity contribution in [2.45, 2.75) is 12.7 Å². The van der Waals surface area contributed by atoms with Crippen LogP contribution < -0.4 is 0 Å². The van der Waals surface area contributed by atoms with Crippen LogP contribution >= 0.6 is 22.9 Å². The first-order valence-electron chi connectivity index (χ1n) is 3.48. The monoisotopic (exact) mass is 224 g/mol. The van der Waals surface area contributed by atoms with E-state index in [4.69, 9.17) is 11.6 Å². The first-order chi connectivity index (χ1) is 5.53. The smallest absolute Gasteiger partial charge is 0.154 e. The van der Waals surface area contributed by atoms with Crippen molar-refractivity contribution in [1.82, 2.24) is 0 Å². The number of rotatable bonds is 3. The molecular weight excluding hydrogens is 216 g/mol. The van der Waals surface area contributed by atoms with E-state index in [1.54, 1.807) is 19.1 Å². The third-order valence-electron chi connectivity index (χ3n) is 1.43. The summed E-state index contributed by atoms with van der Waals surface area (Å²) >= 11 is 6.97. The Hall–Kier alpha value is -0.0600. The van der Waals surface area contributed by atoms with Crippen LogP contribution in [0.4, 0.5) is 0 Å². The molecule has 0 radical (unpaired) electrons.